The van der Waals surface area contributed by atoms with E-state index in [1.165, 1.54) is 30.4 Å². The molecule has 4 nitrogen and oxygen atoms in total. The van der Waals surface area contributed by atoms with Crippen molar-refractivity contribution in [1.82, 2.24) is 0 Å². The predicted molar refractivity (Wildman–Crippen MR) is 72.5 cm³/mol. The van der Waals surface area contributed by atoms with Crippen LogP contribution >= 0.6 is 11.3 Å². The molecule has 0 fully saturated rings. The zero-order valence-electron chi connectivity index (χ0n) is 10.1. The molecule has 0 aliphatic heterocycles. The van der Waals surface area contributed by atoms with Crippen molar-refractivity contribution in [2.24, 2.45) is 5.73 Å². The van der Waals surface area contributed by atoms with Gasteiger partial charge in [-0.3, -0.25) is 9.59 Å². The third-order valence-corrected chi connectivity index (χ3v) is 3.52. The molecule has 0 saturated carbocycles. The van der Waals surface area contributed by atoms with Crippen LogP contribution in [0.4, 0.5) is 9.39 Å². The molecule has 2 aromatic rings. The monoisotopic (exact) mass is 278 g/mol. The van der Waals surface area contributed by atoms with Gasteiger partial charge in [0.15, 0.2) is 0 Å². The minimum atomic E-state index is -0.617. The molecule has 3 N–H and O–H groups in total. The molecule has 0 saturated heterocycles. The highest BCUT2D eigenvalue weighted by atomic mass is 32.1. The molecule has 0 spiro atoms. The lowest BCUT2D eigenvalue weighted by Crippen LogP contribution is -2.14. The van der Waals surface area contributed by atoms with E-state index in [2.05, 4.69) is 5.32 Å². The molecule has 6 heteroatoms. The number of carbonyl (C=O) groups excluding carboxylic acids is 2. The van der Waals surface area contributed by atoms with Crippen molar-refractivity contribution in [2.45, 2.75) is 6.92 Å². The van der Waals surface area contributed by atoms with Gasteiger partial charge in [0.25, 0.3) is 5.91 Å². The number of hydrogen-bond donors (Lipinski definition) is 2. The molecule has 0 aliphatic carbocycles. The Hall–Kier alpha value is -2.21. The molecule has 0 unspecified atom stereocenters. The molecule has 19 heavy (non-hydrogen) atoms. The molecule has 2 rings (SSSR count). The molecule has 1 aromatic carbocycles. The average Bonchev–Trinajstić information content (AvgIpc) is 2.73. The highest BCUT2D eigenvalue weighted by Gasteiger charge is 2.15. The topological polar surface area (TPSA) is 72.2 Å². The van der Waals surface area contributed by atoms with Gasteiger partial charge in [0.1, 0.15) is 10.8 Å². The van der Waals surface area contributed by atoms with Crippen LogP contribution in [0, 0.1) is 5.82 Å². The molecule has 0 radical (unpaired) electrons. The number of rotatable bonds is 3. The lowest BCUT2D eigenvalue weighted by atomic mass is 10.1. The van der Waals surface area contributed by atoms with Gasteiger partial charge in [-0.15, -0.1) is 11.3 Å². The van der Waals surface area contributed by atoms with E-state index in [9.17, 15) is 14.0 Å². The zero-order chi connectivity index (χ0) is 14.0. The number of thiophene rings is 1. The number of nitrogens with two attached hydrogens (primary N) is 1. The molecule has 0 aliphatic rings. The Balaban J connectivity index is 2.45. The fraction of sp³-hybridized carbons (Fsp3) is 0.0769. The van der Waals surface area contributed by atoms with Crippen molar-refractivity contribution in [3.05, 3.63) is 41.7 Å². The molecule has 1 aromatic heterocycles. The summed E-state index contributed by atoms with van der Waals surface area (Å²) >= 11 is 1.22. The Morgan fingerprint density at radius 1 is 1.26 bits per heavy atom. The highest BCUT2D eigenvalue weighted by molar-refractivity contribution is 7.20. The number of benzene rings is 1. The van der Waals surface area contributed by atoms with E-state index in [1.807, 2.05) is 0 Å². The second kappa shape index (κ2) is 5.19. The Kier molecular flexibility index (Phi) is 3.62. The van der Waals surface area contributed by atoms with Gasteiger partial charge in [0, 0.05) is 11.8 Å². The van der Waals surface area contributed by atoms with Gasteiger partial charge >= 0.3 is 0 Å². The number of nitrogens with one attached hydrogen (secondary N) is 1. The van der Waals surface area contributed by atoms with Gasteiger partial charge in [-0.2, -0.15) is 0 Å². The van der Waals surface area contributed by atoms with Crippen LogP contribution in [-0.4, -0.2) is 11.8 Å². The van der Waals surface area contributed by atoms with Crippen molar-refractivity contribution in [1.29, 1.82) is 0 Å². The van der Waals surface area contributed by atoms with Crippen molar-refractivity contribution >= 4 is 28.2 Å². The van der Waals surface area contributed by atoms with E-state index >= 15 is 0 Å². The Labute approximate surface area is 113 Å². The maximum absolute atomic E-state index is 12.9. The van der Waals surface area contributed by atoms with Gasteiger partial charge in [0.2, 0.25) is 5.91 Å². The maximum Gasteiger partial charge on any atom is 0.251 e. The van der Waals surface area contributed by atoms with E-state index in [0.29, 0.717) is 5.00 Å². The Morgan fingerprint density at radius 3 is 2.42 bits per heavy atom. The minimum Gasteiger partial charge on any atom is -0.366 e. The van der Waals surface area contributed by atoms with Gasteiger partial charge in [-0.1, -0.05) is 12.1 Å². The SMILES string of the molecule is CC(=O)Nc1sc(-c2ccc(F)cc2)cc1C(N)=O. The number of hydrogen-bond acceptors (Lipinski definition) is 3. The first-order valence-electron chi connectivity index (χ1n) is 5.44. The maximum atomic E-state index is 12.9. The summed E-state index contributed by atoms with van der Waals surface area (Å²) in [5.41, 5.74) is 6.27. The van der Waals surface area contributed by atoms with Crippen LogP contribution in [-0.2, 0) is 4.79 Å². The first-order valence-corrected chi connectivity index (χ1v) is 6.26. The number of amides is 2. The van der Waals surface area contributed by atoms with Crippen molar-refractivity contribution in [2.75, 3.05) is 5.32 Å². The van der Waals surface area contributed by atoms with E-state index in [1.54, 1.807) is 18.2 Å². The second-order valence-electron chi connectivity index (χ2n) is 3.91. The fourth-order valence-electron chi connectivity index (χ4n) is 1.58. The molecular weight excluding hydrogens is 267 g/mol. The molecule has 0 bridgehead atoms. The summed E-state index contributed by atoms with van der Waals surface area (Å²) in [6.45, 7) is 1.35. The van der Waals surface area contributed by atoms with E-state index in [4.69, 9.17) is 5.73 Å². The Bertz CT molecular complexity index is 635. The summed E-state index contributed by atoms with van der Waals surface area (Å²) in [7, 11) is 0. The minimum absolute atomic E-state index is 0.250. The largest absolute Gasteiger partial charge is 0.366 e. The number of anilines is 1. The van der Waals surface area contributed by atoms with E-state index in [0.717, 1.165) is 10.4 Å². The normalized spacial score (nSPS) is 10.2. The second-order valence-corrected chi connectivity index (χ2v) is 4.96. The molecular formula is C13H11FN2O2S. The van der Waals surface area contributed by atoms with E-state index in [-0.39, 0.29) is 17.3 Å². The lowest BCUT2D eigenvalue weighted by molar-refractivity contribution is -0.114. The zero-order valence-corrected chi connectivity index (χ0v) is 10.9. The first-order chi connectivity index (χ1) is 8.97. The van der Waals surface area contributed by atoms with Crippen LogP contribution < -0.4 is 11.1 Å². The summed E-state index contributed by atoms with van der Waals surface area (Å²) in [5.74, 6) is -1.24. The van der Waals surface area contributed by atoms with Crippen molar-refractivity contribution < 1.29 is 14.0 Å². The third-order valence-electron chi connectivity index (χ3n) is 2.42. The van der Waals surface area contributed by atoms with Gasteiger partial charge in [0.05, 0.1) is 5.56 Å². The standard InChI is InChI=1S/C13H11FN2O2S/c1-7(17)16-13-10(12(15)18)6-11(19-13)8-2-4-9(14)5-3-8/h2-6H,1H3,(H2,15,18)(H,16,17). The smallest absolute Gasteiger partial charge is 0.251 e. The predicted octanol–water partition coefficient (Wildman–Crippen LogP) is 2.61. The molecule has 0 atom stereocenters. The lowest BCUT2D eigenvalue weighted by Gasteiger charge is -1.99. The number of carbonyl (C=O) groups is 2. The summed E-state index contributed by atoms with van der Waals surface area (Å²) in [6.07, 6.45) is 0. The first kappa shape index (κ1) is 13.2. The summed E-state index contributed by atoms with van der Waals surface area (Å²) < 4.78 is 12.9. The van der Waals surface area contributed by atoms with Crippen molar-refractivity contribution in [3.63, 3.8) is 0 Å². The van der Waals surface area contributed by atoms with Crippen LogP contribution in [0.5, 0.6) is 0 Å². The van der Waals surface area contributed by atoms with Gasteiger partial charge < -0.3 is 11.1 Å². The highest BCUT2D eigenvalue weighted by Crippen LogP contribution is 2.35. The third kappa shape index (κ3) is 2.97. The number of primary amides is 1. The average molecular weight is 278 g/mol. The fourth-order valence-corrected chi connectivity index (χ4v) is 2.70. The molecule has 1 heterocycles. The Morgan fingerprint density at radius 2 is 1.89 bits per heavy atom. The number of halogens is 1. The van der Waals surface area contributed by atoms with Crippen LogP contribution in [0.2, 0.25) is 0 Å². The van der Waals surface area contributed by atoms with Gasteiger partial charge in [-0.25, -0.2) is 4.39 Å². The van der Waals surface area contributed by atoms with E-state index < -0.39 is 5.91 Å². The summed E-state index contributed by atoms with van der Waals surface area (Å²) in [5, 5.41) is 2.96. The van der Waals surface area contributed by atoms with Crippen LogP contribution in [0.25, 0.3) is 10.4 Å². The van der Waals surface area contributed by atoms with Gasteiger partial charge in [-0.05, 0) is 23.8 Å². The molecule has 2 amide bonds. The molecule has 98 valence electrons. The quantitative estimate of drug-likeness (QED) is 0.905. The summed E-state index contributed by atoms with van der Waals surface area (Å²) in [4.78, 5) is 23.1. The van der Waals surface area contributed by atoms with Crippen LogP contribution in [0.3, 0.4) is 0 Å². The van der Waals surface area contributed by atoms with Crippen LogP contribution in [0.1, 0.15) is 17.3 Å². The van der Waals surface area contributed by atoms with Crippen LogP contribution in [0.15, 0.2) is 30.3 Å². The summed E-state index contributed by atoms with van der Waals surface area (Å²) in [6, 6.07) is 7.45. The van der Waals surface area contributed by atoms with Crippen molar-refractivity contribution in [3.8, 4) is 10.4 Å².